The Kier molecular flexibility index (Phi) is 2.89. The molecule has 0 spiro atoms. The second-order valence-corrected chi connectivity index (χ2v) is 5.10. The van der Waals surface area contributed by atoms with Crippen LogP contribution in [-0.2, 0) is 4.79 Å². The summed E-state index contributed by atoms with van der Waals surface area (Å²) in [4.78, 5) is 13.7. The van der Waals surface area contributed by atoms with E-state index in [1.807, 2.05) is 12.1 Å². The number of piperidine rings is 1. The molecular weight excluding hydrogens is 212 g/mol. The van der Waals surface area contributed by atoms with Crippen LogP contribution in [0.2, 0.25) is 0 Å². The number of carbonyl (C=O) groups excluding carboxylic acids is 1. The SMILES string of the molecule is CC1(C)CCC(=O)CN1c1ccc(C#N)cc1. The minimum Gasteiger partial charge on any atom is -0.359 e. The molecule has 0 saturated carbocycles. The molecule has 0 aliphatic carbocycles. The molecule has 1 fully saturated rings. The number of nitrogens with zero attached hydrogens (tertiary/aromatic N) is 2. The van der Waals surface area contributed by atoms with Gasteiger partial charge in [0.05, 0.1) is 18.2 Å². The first-order valence-corrected chi connectivity index (χ1v) is 5.82. The molecule has 3 heteroatoms. The van der Waals surface area contributed by atoms with Crippen molar-refractivity contribution in [2.45, 2.75) is 32.2 Å². The highest BCUT2D eigenvalue weighted by molar-refractivity contribution is 5.85. The molecule has 2 rings (SSSR count). The van der Waals surface area contributed by atoms with Crippen LogP contribution in [-0.4, -0.2) is 17.9 Å². The fraction of sp³-hybridized carbons (Fsp3) is 0.429. The summed E-state index contributed by atoms with van der Waals surface area (Å²) < 4.78 is 0. The summed E-state index contributed by atoms with van der Waals surface area (Å²) in [7, 11) is 0. The molecule has 17 heavy (non-hydrogen) atoms. The van der Waals surface area contributed by atoms with Crippen molar-refractivity contribution < 1.29 is 4.79 Å². The summed E-state index contributed by atoms with van der Waals surface area (Å²) in [5.41, 5.74) is 1.67. The van der Waals surface area contributed by atoms with E-state index in [0.29, 0.717) is 18.5 Å². The van der Waals surface area contributed by atoms with E-state index < -0.39 is 0 Å². The quantitative estimate of drug-likeness (QED) is 0.741. The summed E-state index contributed by atoms with van der Waals surface area (Å²) in [6.07, 6.45) is 1.55. The van der Waals surface area contributed by atoms with E-state index in [-0.39, 0.29) is 11.3 Å². The van der Waals surface area contributed by atoms with Crippen molar-refractivity contribution in [2.75, 3.05) is 11.4 Å². The lowest BCUT2D eigenvalue weighted by molar-refractivity contribution is -0.119. The van der Waals surface area contributed by atoms with Crippen molar-refractivity contribution in [1.82, 2.24) is 0 Å². The zero-order valence-electron chi connectivity index (χ0n) is 10.2. The molecule has 88 valence electrons. The highest BCUT2D eigenvalue weighted by Crippen LogP contribution is 2.31. The Morgan fingerprint density at radius 3 is 2.53 bits per heavy atom. The van der Waals surface area contributed by atoms with E-state index in [0.717, 1.165) is 12.1 Å². The Balaban J connectivity index is 2.30. The molecule has 0 bridgehead atoms. The van der Waals surface area contributed by atoms with Crippen LogP contribution in [0.3, 0.4) is 0 Å². The number of anilines is 1. The largest absolute Gasteiger partial charge is 0.359 e. The third-order valence-electron chi connectivity index (χ3n) is 3.39. The lowest BCUT2D eigenvalue weighted by Gasteiger charge is -2.43. The smallest absolute Gasteiger partial charge is 0.152 e. The van der Waals surface area contributed by atoms with E-state index >= 15 is 0 Å². The maximum Gasteiger partial charge on any atom is 0.152 e. The minimum absolute atomic E-state index is 0.00205. The lowest BCUT2D eigenvalue weighted by atomic mass is 9.89. The number of rotatable bonds is 1. The second kappa shape index (κ2) is 4.21. The van der Waals surface area contributed by atoms with Crippen molar-refractivity contribution in [3.05, 3.63) is 29.8 Å². The van der Waals surface area contributed by atoms with Gasteiger partial charge in [-0.1, -0.05) is 0 Å². The van der Waals surface area contributed by atoms with Gasteiger partial charge < -0.3 is 4.90 Å². The molecule has 0 N–H and O–H groups in total. The minimum atomic E-state index is 0.00205. The first kappa shape index (κ1) is 11.7. The van der Waals surface area contributed by atoms with Crippen molar-refractivity contribution >= 4 is 11.5 Å². The van der Waals surface area contributed by atoms with Gasteiger partial charge in [0.1, 0.15) is 0 Å². The highest BCUT2D eigenvalue weighted by Gasteiger charge is 2.33. The standard InChI is InChI=1S/C14H16N2O/c1-14(2)8-7-13(17)10-16(14)12-5-3-11(9-15)4-6-12/h3-6H,7-8,10H2,1-2H3. The van der Waals surface area contributed by atoms with Gasteiger partial charge in [0.15, 0.2) is 5.78 Å². The van der Waals surface area contributed by atoms with E-state index in [1.165, 1.54) is 0 Å². The van der Waals surface area contributed by atoms with Gasteiger partial charge in [-0.25, -0.2) is 0 Å². The predicted molar refractivity (Wildman–Crippen MR) is 66.8 cm³/mol. The van der Waals surface area contributed by atoms with Gasteiger partial charge in [-0.3, -0.25) is 4.79 Å². The molecule has 0 amide bonds. The molecule has 0 radical (unpaired) electrons. The molecule has 3 nitrogen and oxygen atoms in total. The fourth-order valence-corrected chi connectivity index (χ4v) is 2.21. The van der Waals surface area contributed by atoms with E-state index in [1.54, 1.807) is 12.1 Å². The number of carbonyl (C=O) groups is 1. The molecule has 1 heterocycles. The number of ketones is 1. The summed E-state index contributed by atoms with van der Waals surface area (Å²) in [5.74, 6) is 0.286. The monoisotopic (exact) mass is 228 g/mol. The topological polar surface area (TPSA) is 44.1 Å². The van der Waals surface area contributed by atoms with E-state index in [4.69, 9.17) is 5.26 Å². The molecule has 0 aromatic heterocycles. The second-order valence-electron chi connectivity index (χ2n) is 5.10. The third-order valence-corrected chi connectivity index (χ3v) is 3.39. The van der Waals surface area contributed by atoms with E-state index in [9.17, 15) is 4.79 Å². The van der Waals surface area contributed by atoms with Gasteiger partial charge >= 0.3 is 0 Å². The number of hydrogen-bond donors (Lipinski definition) is 0. The predicted octanol–water partition coefficient (Wildman–Crippen LogP) is 2.51. The van der Waals surface area contributed by atoms with Crippen LogP contribution in [0.5, 0.6) is 0 Å². The number of Topliss-reactive ketones (excluding diaryl/α,β-unsaturated/α-hetero) is 1. The van der Waals surface area contributed by atoms with Crippen molar-refractivity contribution in [1.29, 1.82) is 5.26 Å². The molecular formula is C14H16N2O. The number of nitriles is 1. The maximum atomic E-state index is 11.6. The molecule has 1 aliphatic heterocycles. The van der Waals surface area contributed by atoms with Gasteiger partial charge in [0.25, 0.3) is 0 Å². The molecule has 0 atom stereocenters. The van der Waals surface area contributed by atoms with Crippen LogP contribution in [0, 0.1) is 11.3 Å². The lowest BCUT2D eigenvalue weighted by Crippen LogP contribution is -2.50. The first-order valence-electron chi connectivity index (χ1n) is 5.82. The molecule has 1 aromatic rings. The normalized spacial score (nSPS) is 18.9. The molecule has 0 unspecified atom stereocenters. The number of hydrogen-bond acceptors (Lipinski definition) is 3. The van der Waals surface area contributed by atoms with Crippen LogP contribution in [0.15, 0.2) is 24.3 Å². The van der Waals surface area contributed by atoms with Gasteiger partial charge in [-0.15, -0.1) is 0 Å². The Morgan fingerprint density at radius 2 is 1.94 bits per heavy atom. The summed E-state index contributed by atoms with van der Waals surface area (Å²) in [6, 6.07) is 9.52. The average molecular weight is 228 g/mol. The summed E-state index contributed by atoms with van der Waals surface area (Å²) >= 11 is 0. The van der Waals surface area contributed by atoms with Crippen LogP contribution >= 0.6 is 0 Å². The van der Waals surface area contributed by atoms with Crippen molar-refractivity contribution in [3.8, 4) is 6.07 Å². The number of benzene rings is 1. The van der Waals surface area contributed by atoms with Crippen LogP contribution in [0.1, 0.15) is 32.3 Å². The summed E-state index contributed by atoms with van der Waals surface area (Å²) in [5, 5.41) is 8.77. The molecule has 1 aromatic carbocycles. The molecule has 1 saturated heterocycles. The van der Waals surface area contributed by atoms with Crippen LogP contribution in [0.4, 0.5) is 5.69 Å². The van der Waals surface area contributed by atoms with E-state index in [2.05, 4.69) is 24.8 Å². The van der Waals surface area contributed by atoms with Crippen molar-refractivity contribution in [3.63, 3.8) is 0 Å². The first-order chi connectivity index (χ1) is 8.03. The van der Waals surface area contributed by atoms with Crippen LogP contribution in [0.25, 0.3) is 0 Å². The van der Waals surface area contributed by atoms with Gasteiger partial charge in [-0.05, 0) is 44.5 Å². The van der Waals surface area contributed by atoms with Gasteiger partial charge in [0.2, 0.25) is 0 Å². The maximum absolute atomic E-state index is 11.6. The fourth-order valence-electron chi connectivity index (χ4n) is 2.21. The zero-order valence-corrected chi connectivity index (χ0v) is 10.2. The third kappa shape index (κ3) is 2.31. The Bertz CT molecular complexity index is 468. The Hall–Kier alpha value is -1.82. The summed E-state index contributed by atoms with van der Waals surface area (Å²) in [6.45, 7) is 4.77. The van der Waals surface area contributed by atoms with Crippen molar-refractivity contribution in [2.24, 2.45) is 0 Å². The Morgan fingerprint density at radius 1 is 1.29 bits per heavy atom. The van der Waals surface area contributed by atoms with Gasteiger partial charge in [-0.2, -0.15) is 5.26 Å². The molecule has 1 aliphatic rings. The Labute approximate surface area is 102 Å². The average Bonchev–Trinajstić information content (AvgIpc) is 2.33. The van der Waals surface area contributed by atoms with Crippen LogP contribution < -0.4 is 4.90 Å². The zero-order chi connectivity index (χ0) is 12.5. The highest BCUT2D eigenvalue weighted by atomic mass is 16.1. The van der Waals surface area contributed by atoms with Gasteiger partial charge in [0, 0.05) is 17.6 Å².